The van der Waals surface area contributed by atoms with E-state index in [9.17, 15) is 9.59 Å². The molecule has 0 amide bonds. The van der Waals surface area contributed by atoms with Gasteiger partial charge < -0.3 is 18.8 Å². The minimum atomic E-state index is -0.322. The first-order valence-electron chi connectivity index (χ1n) is 11.2. The number of carbonyl (C=O) groups is 1. The number of ether oxygens (including phenoxy) is 3. The van der Waals surface area contributed by atoms with Crippen molar-refractivity contribution < 1.29 is 19.0 Å². The van der Waals surface area contributed by atoms with Crippen molar-refractivity contribution in [2.45, 2.75) is 20.4 Å². The summed E-state index contributed by atoms with van der Waals surface area (Å²) in [5, 5.41) is 0.418. The molecule has 0 fully saturated rings. The number of aryl methyl sites for hydroxylation is 2. The largest absolute Gasteiger partial charge is 0.497 e. The summed E-state index contributed by atoms with van der Waals surface area (Å²) in [6, 6.07) is 16.7. The SMILES string of the molecule is COc1cccc(Cn2cc(C(=O)c3ccc(C)c(C)c3)c(=O)c3cc4c(cc32)OCCO4)c1. The van der Waals surface area contributed by atoms with E-state index < -0.39 is 0 Å². The van der Waals surface area contributed by atoms with Crippen molar-refractivity contribution in [3.05, 3.63) is 98.8 Å². The van der Waals surface area contributed by atoms with Gasteiger partial charge >= 0.3 is 0 Å². The zero-order chi connectivity index (χ0) is 23.8. The highest BCUT2D eigenvalue weighted by atomic mass is 16.6. The molecule has 0 saturated heterocycles. The van der Waals surface area contributed by atoms with Gasteiger partial charge in [0.05, 0.1) is 23.6 Å². The Morgan fingerprint density at radius 3 is 2.47 bits per heavy atom. The molecule has 0 radical (unpaired) electrons. The van der Waals surface area contributed by atoms with E-state index in [0.29, 0.717) is 47.7 Å². The van der Waals surface area contributed by atoms with Crippen molar-refractivity contribution in [2.75, 3.05) is 20.3 Å². The van der Waals surface area contributed by atoms with Gasteiger partial charge in [0.1, 0.15) is 19.0 Å². The number of hydrogen-bond donors (Lipinski definition) is 0. The maximum Gasteiger partial charge on any atom is 0.200 e. The highest BCUT2D eigenvalue weighted by Crippen LogP contribution is 2.34. The molecule has 3 aromatic carbocycles. The normalized spacial score (nSPS) is 12.6. The highest BCUT2D eigenvalue weighted by Gasteiger charge is 2.21. The number of nitrogens with zero attached hydrogens (tertiary/aromatic N) is 1. The predicted molar refractivity (Wildman–Crippen MR) is 131 cm³/mol. The standard InChI is InChI=1S/C28H25NO5/c1-17-7-8-20(11-18(17)2)27(30)23-16-29(15-19-5-4-6-21(12-19)32-3)24-14-26-25(33-9-10-34-26)13-22(24)28(23)31/h4-8,11-14,16H,9-10,15H2,1-3H3. The summed E-state index contributed by atoms with van der Waals surface area (Å²) in [6.07, 6.45) is 1.65. The number of methoxy groups -OCH3 is 1. The fourth-order valence-corrected chi connectivity index (χ4v) is 4.22. The third kappa shape index (κ3) is 3.92. The van der Waals surface area contributed by atoms with Gasteiger partial charge in [-0.1, -0.05) is 24.3 Å². The number of rotatable bonds is 5. The number of carbonyl (C=O) groups excluding carboxylic acids is 1. The summed E-state index contributed by atoms with van der Waals surface area (Å²) < 4.78 is 18.8. The van der Waals surface area contributed by atoms with Crippen molar-refractivity contribution in [1.82, 2.24) is 4.57 Å². The molecule has 0 aliphatic carbocycles. The van der Waals surface area contributed by atoms with Crippen LogP contribution in [0.4, 0.5) is 0 Å². The van der Waals surface area contributed by atoms with Crippen LogP contribution < -0.4 is 19.6 Å². The summed E-state index contributed by atoms with van der Waals surface area (Å²) in [4.78, 5) is 27.0. The fourth-order valence-electron chi connectivity index (χ4n) is 4.22. The lowest BCUT2D eigenvalue weighted by molar-refractivity contribution is 0.103. The Morgan fingerprint density at radius 2 is 1.74 bits per heavy atom. The number of fused-ring (bicyclic) bond motifs is 2. The minimum Gasteiger partial charge on any atom is -0.497 e. The van der Waals surface area contributed by atoms with Crippen LogP contribution in [0.15, 0.2) is 65.6 Å². The molecule has 6 nitrogen and oxygen atoms in total. The first-order valence-corrected chi connectivity index (χ1v) is 11.2. The van der Waals surface area contributed by atoms with Crippen molar-refractivity contribution in [1.29, 1.82) is 0 Å². The average Bonchev–Trinajstić information content (AvgIpc) is 2.86. The Bertz CT molecular complexity index is 1480. The summed E-state index contributed by atoms with van der Waals surface area (Å²) in [5.74, 6) is 1.54. The van der Waals surface area contributed by atoms with Gasteiger partial charge in [-0.05, 0) is 54.8 Å². The molecule has 1 aromatic heterocycles. The van der Waals surface area contributed by atoms with Gasteiger partial charge in [-0.25, -0.2) is 0 Å². The van der Waals surface area contributed by atoms with E-state index in [4.69, 9.17) is 14.2 Å². The first kappa shape index (κ1) is 21.8. The number of aromatic nitrogens is 1. The van der Waals surface area contributed by atoms with Gasteiger partial charge in [-0.2, -0.15) is 0 Å². The van der Waals surface area contributed by atoms with Crippen LogP contribution in [-0.4, -0.2) is 30.7 Å². The van der Waals surface area contributed by atoms with Gasteiger partial charge in [-0.3, -0.25) is 9.59 Å². The smallest absolute Gasteiger partial charge is 0.200 e. The number of benzene rings is 3. The molecule has 0 N–H and O–H groups in total. The first-order chi connectivity index (χ1) is 16.4. The van der Waals surface area contributed by atoms with Crippen LogP contribution in [0, 0.1) is 13.8 Å². The van der Waals surface area contributed by atoms with Crippen LogP contribution in [0.25, 0.3) is 10.9 Å². The molecule has 0 spiro atoms. The van der Waals surface area contributed by atoms with E-state index in [0.717, 1.165) is 22.4 Å². The molecule has 172 valence electrons. The predicted octanol–water partition coefficient (Wildman–Crippen LogP) is 4.68. The second-order valence-electron chi connectivity index (χ2n) is 8.49. The molecular weight excluding hydrogens is 430 g/mol. The zero-order valence-corrected chi connectivity index (χ0v) is 19.4. The molecule has 6 heteroatoms. The van der Waals surface area contributed by atoms with Crippen LogP contribution >= 0.6 is 0 Å². The topological polar surface area (TPSA) is 66.8 Å². The Morgan fingerprint density at radius 1 is 0.971 bits per heavy atom. The van der Waals surface area contributed by atoms with Gasteiger partial charge in [0.15, 0.2) is 17.3 Å². The molecule has 0 saturated carbocycles. The number of hydrogen-bond acceptors (Lipinski definition) is 5. The fraction of sp³-hybridized carbons (Fsp3) is 0.214. The maximum absolute atomic E-state index is 13.5. The molecule has 0 bridgehead atoms. The molecule has 2 heterocycles. The average molecular weight is 456 g/mol. The van der Waals surface area contributed by atoms with Gasteiger partial charge in [-0.15, -0.1) is 0 Å². The summed E-state index contributed by atoms with van der Waals surface area (Å²) in [7, 11) is 1.62. The maximum atomic E-state index is 13.5. The number of pyridine rings is 1. The lowest BCUT2D eigenvalue weighted by Gasteiger charge is -2.21. The van der Waals surface area contributed by atoms with Crippen molar-refractivity contribution in [3.8, 4) is 17.2 Å². The molecular formula is C28H25NO5. The van der Waals surface area contributed by atoms with E-state index in [1.807, 2.05) is 60.9 Å². The third-order valence-electron chi connectivity index (χ3n) is 6.24. The molecule has 1 aliphatic rings. The van der Waals surface area contributed by atoms with Crippen LogP contribution in [0.5, 0.6) is 17.2 Å². The third-order valence-corrected chi connectivity index (χ3v) is 6.24. The van der Waals surface area contributed by atoms with E-state index in [1.54, 1.807) is 25.4 Å². The second kappa shape index (κ2) is 8.71. The minimum absolute atomic E-state index is 0.121. The van der Waals surface area contributed by atoms with Gasteiger partial charge in [0.25, 0.3) is 0 Å². The van der Waals surface area contributed by atoms with E-state index >= 15 is 0 Å². The highest BCUT2D eigenvalue weighted by molar-refractivity contribution is 6.10. The Kier molecular flexibility index (Phi) is 5.57. The quantitative estimate of drug-likeness (QED) is 0.409. The van der Waals surface area contributed by atoms with Crippen LogP contribution in [0.3, 0.4) is 0 Å². The summed E-state index contributed by atoms with van der Waals surface area (Å²) >= 11 is 0. The van der Waals surface area contributed by atoms with Crippen LogP contribution in [0.2, 0.25) is 0 Å². The summed E-state index contributed by atoms with van der Waals surface area (Å²) in [5.41, 5.74) is 4.03. The molecule has 34 heavy (non-hydrogen) atoms. The molecule has 5 rings (SSSR count). The van der Waals surface area contributed by atoms with Crippen molar-refractivity contribution >= 4 is 16.7 Å². The van der Waals surface area contributed by atoms with E-state index in [2.05, 4.69) is 0 Å². The van der Waals surface area contributed by atoms with Crippen molar-refractivity contribution in [2.24, 2.45) is 0 Å². The Hall–Kier alpha value is -4.06. The number of ketones is 1. The lowest BCUT2D eigenvalue weighted by atomic mass is 9.98. The zero-order valence-electron chi connectivity index (χ0n) is 19.4. The van der Waals surface area contributed by atoms with E-state index in [1.165, 1.54) is 0 Å². The molecule has 0 atom stereocenters. The van der Waals surface area contributed by atoms with Crippen molar-refractivity contribution in [3.63, 3.8) is 0 Å². The van der Waals surface area contributed by atoms with Crippen LogP contribution in [-0.2, 0) is 6.54 Å². The Balaban J connectivity index is 1.71. The molecule has 1 aliphatic heterocycles. The second-order valence-corrected chi connectivity index (χ2v) is 8.49. The van der Waals surface area contributed by atoms with Gasteiger partial charge in [0.2, 0.25) is 5.43 Å². The molecule has 4 aromatic rings. The van der Waals surface area contributed by atoms with Crippen LogP contribution in [0.1, 0.15) is 32.6 Å². The monoisotopic (exact) mass is 455 g/mol. The summed E-state index contributed by atoms with van der Waals surface area (Å²) in [6.45, 7) is 5.25. The Labute approximate surface area is 197 Å². The molecule has 0 unspecified atom stereocenters. The lowest BCUT2D eigenvalue weighted by Crippen LogP contribution is -2.21. The van der Waals surface area contributed by atoms with Gasteiger partial charge in [0, 0.05) is 24.4 Å². The van der Waals surface area contributed by atoms with E-state index in [-0.39, 0.29) is 16.8 Å².